The van der Waals surface area contributed by atoms with Crippen LogP contribution in [0.25, 0.3) is 0 Å². The molecule has 2 aromatic carbocycles. The van der Waals surface area contributed by atoms with E-state index < -0.39 is 5.72 Å². The Balaban J connectivity index is 1.73. The van der Waals surface area contributed by atoms with Crippen LogP contribution < -0.4 is 15.0 Å². The molecule has 2 atom stereocenters. The van der Waals surface area contributed by atoms with Gasteiger partial charge in [0.25, 0.3) is 0 Å². The van der Waals surface area contributed by atoms with E-state index in [1.807, 2.05) is 11.8 Å². The molecule has 0 aromatic heterocycles. The summed E-state index contributed by atoms with van der Waals surface area (Å²) in [6, 6.07) is 13.0. The molecule has 2 aliphatic heterocycles. The van der Waals surface area contributed by atoms with Gasteiger partial charge in [-0.2, -0.15) is 0 Å². The molecular formula is C20H21FN2OS. The molecule has 25 heavy (non-hydrogen) atoms. The zero-order valence-electron chi connectivity index (χ0n) is 14.5. The Morgan fingerprint density at radius 3 is 2.64 bits per heavy atom. The summed E-state index contributed by atoms with van der Waals surface area (Å²) in [6.07, 6.45) is 0.690. The maximum atomic E-state index is 13.6. The summed E-state index contributed by atoms with van der Waals surface area (Å²) in [5, 5.41) is 3.96. The van der Waals surface area contributed by atoms with Gasteiger partial charge >= 0.3 is 0 Å². The van der Waals surface area contributed by atoms with Gasteiger partial charge in [-0.25, -0.2) is 4.39 Å². The minimum absolute atomic E-state index is 0.0388. The van der Waals surface area contributed by atoms with Crippen LogP contribution in [0.2, 0.25) is 0 Å². The molecule has 4 rings (SSSR count). The first kappa shape index (κ1) is 16.3. The van der Waals surface area contributed by atoms with E-state index in [-0.39, 0.29) is 11.9 Å². The standard InChI is InChI=1S/C20H21FN2OS/c1-12(2)13-4-7-15(8-5-13)23-19(25)22-17-11-20(23,3)24-18-9-6-14(21)10-16(17)18/h4-10,12,17H,11H2,1-3H3,(H,22,25)/t17-,20-/m1/s1. The van der Waals surface area contributed by atoms with Gasteiger partial charge < -0.3 is 10.1 Å². The van der Waals surface area contributed by atoms with Gasteiger partial charge in [0.1, 0.15) is 11.6 Å². The number of hydrogen-bond donors (Lipinski definition) is 1. The first-order valence-electron chi connectivity index (χ1n) is 8.56. The number of fused-ring (bicyclic) bond motifs is 4. The molecule has 0 saturated carbocycles. The number of rotatable bonds is 2. The number of anilines is 1. The Kier molecular flexibility index (Phi) is 3.72. The first-order valence-corrected chi connectivity index (χ1v) is 8.97. The highest BCUT2D eigenvalue weighted by Crippen LogP contribution is 2.45. The molecule has 2 heterocycles. The normalized spacial score (nSPS) is 24.6. The Hall–Kier alpha value is -2.14. The van der Waals surface area contributed by atoms with Crippen molar-refractivity contribution in [3.8, 4) is 5.75 Å². The second-order valence-electron chi connectivity index (χ2n) is 7.25. The van der Waals surface area contributed by atoms with Gasteiger partial charge in [0.05, 0.1) is 6.04 Å². The van der Waals surface area contributed by atoms with E-state index in [1.54, 1.807) is 6.07 Å². The lowest BCUT2D eigenvalue weighted by atomic mass is 9.90. The van der Waals surface area contributed by atoms with Crippen LogP contribution in [0, 0.1) is 5.82 Å². The molecule has 0 spiro atoms. The Labute approximate surface area is 152 Å². The molecule has 2 aromatic rings. The summed E-state index contributed by atoms with van der Waals surface area (Å²) in [7, 11) is 0. The van der Waals surface area contributed by atoms with Crippen LogP contribution in [0.3, 0.4) is 0 Å². The molecule has 0 aliphatic carbocycles. The minimum atomic E-state index is -0.600. The second kappa shape index (κ2) is 5.70. The minimum Gasteiger partial charge on any atom is -0.467 e. The van der Waals surface area contributed by atoms with Gasteiger partial charge in [0, 0.05) is 17.7 Å². The van der Waals surface area contributed by atoms with Crippen molar-refractivity contribution in [1.29, 1.82) is 0 Å². The van der Waals surface area contributed by atoms with E-state index in [1.165, 1.54) is 17.7 Å². The van der Waals surface area contributed by atoms with Crippen molar-refractivity contribution in [2.24, 2.45) is 0 Å². The molecule has 0 radical (unpaired) electrons. The number of ether oxygens (including phenoxy) is 1. The Morgan fingerprint density at radius 2 is 1.96 bits per heavy atom. The average Bonchev–Trinajstić information content (AvgIpc) is 2.55. The molecule has 3 nitrogen and oxygen atoms in total. The fourth-order valence-electron chi connectivity index (χ4n) is 3.74. The third-order valence-corrected chi connectivity index (χ3v) is 5.35. The van der Waals surface area contributed by atoms with Crippen LogP contribution in [0.4, 0.5) is 10.1 Å². The molecule has 2 bridgehead atoms. The SMILES string of the molecule is CC(C)c1ccc(N2C(=S)N[C@@H]3C[C@@]2(C)Oc2ccc(F)cc23)cc1. The van der Waals surface area contributed by atoms with Gasteiger partial charge in [0.15, 0.2) is 10.8 Å². The quantitative estimate of drug-likeness (QED) is 0.775. The van der Waals surface area contributed by atoms with Gasteiger partial charge in [-0.15, -0.1) is 0 Å². The molecule has 0 unspecified atom stereocenters. The van der Waals surface area contributed by atoms with Gasteiger partial charge in [0.2, 0.25) is 0 Å². The highest BCUT2D eigenvalue weighted by atomic mass is 32.1. The lowest BCUT2D eigenvalue weighted by molar-refractivity contribution is 0.0495. The van der Waals surface area contributed by atoms with E-state index in [0.29, 0.717) is 23.2 Å². The molecule has 1 N–H and O–H groups in total. The van der Waals surface area contributed by atoms with Crippen molar-refractivity contribution >= 4 is 23.0 Å². The number of nitrogens with zero attached hydrogens (tertiary/aromatic N) is 1. The number of nitrogens with one attached hydrogen (secondary N) is 1. The van der Waals surface area contributed by atoms with Gasteiger partial charge in [-0.05, 0) is 61.0 Å². The van der Waals surface area contributed by atoms with Crippen molar-refractivity contribution in [3.63, 3.8) is 0 Å². The fourth-order valence-corrected chi connectivity index (χ4v) is 4.19. The van der Waals surface area contributed by atoms with Crippen LogP contribution in [0.5, 0.6) is 5.75 Å². The summed E-state index contributed by atoms with van der Waals surface area (Å²) in [4.78, 5) is 2.02. The van der Waals surface area contributed by atoms with Crippen molar-refractivity contribution in [3.05, 3.63) is 59.4 Å². The van der Waals surface area contributed by atoms with Crippen molar-refractivity contribution in [1.82, 2.24) is 5.32 Å². The predicted molar refractivity (Wildman–Crippen MR) is 102 cm³/mol. The summed E-state index contributed by atoms with van der Waals surface area (Å²) in [6.45, 7) is 6.39. The molecular weight excluding hydrogens is 335 g/mol. The maximum absolute atomic E-state index is 13.6. The van der Waals surface area contributed by atoms with E-state index in [0.717, 1.165) is 11.3 Å². The number of benzene rings is 2. The molecule has 130 valence electrons. The van der Waals surface area contributed by atoms with Gasteiger partial charge in [-0.1, -0.05) is 26.0 Å². The molecule has 1 fully saturated rings. The summed E-state index contributed by atoms with van der Waals surface area (Å²) < 4.78 is 19.9. The number of halogens is 1. The Morgan fingerprint density at radius 1 is 1.24 bits per heavy atom. The monoisotopic (exact) mass is 356 g/mol. The van der Waals surface area contributed by atoms with Crippen molar-refractivity contribution in [2.45, 2.75) is 44.9 Å². The summed E-state index contributed by atoms with van der Waals surface area (Å²) in [5.41, 5.74) is 2.51. The van der Waals surface area contributed by atoms with Crippen LogP contribution >= 0.6 is 12.2 Å². The Bertz CT molecular complexity index is 836. The lowest BCUT2D eigenvalue weighted by Gasteiger charge is -2.52. The number of thiocarbonyl (C=S) groups is 1. The molecule has 1 saturated heterocycles. The van der Waals surface area contributed by atoms with E-state index in [4.69, 9.17) is 17.0 Å². The zero-order chi connectivity index (χ0) is 17.8. The van der Waals surface area contributed by atoms with Crippen LogP contribution in [0.15, 0.2) is 42.5 Å². The van der Waals surface area contributed by atoms with Gasteiger partial charge in [-0.3, -0.25) is 4.90 Å². The smallest absolute Gasteiger partial charge is 0.188 e. The van der Waals surface area contributed by atoms with Crippen molar-refractivity contribution < 1.29 is 9.13 Å². The fraction of sp³-hybridized carbons (Fsp3) is 0.350. The third-order valence-electron chi connectivity index (χ3n) is 5.05. The summed E-state index contributed by atoms with van der Waals surface area (Å²) >= 11 is 5.62. The lowest BCUT2D eigenvalue weighted by Crippen LogP contribution is -2.65. The molecule has 2 aliphatic rings. The predicted octanol–water partition coefficient (Wildman–Crippen LogP) is 4.88. The van der Waals surface area contributed by atoms with E-state index in [2.05, 4.69) is 43.4 Å². The highest BCUT2D eigenvalue weighted by Gasteiger charge is 2.48. The summed E-state index contributed by atoms with van der Waals surface area (Å²) in [5.74, 6) is 0.928. The van der Waals surface area contributed by atoms with Crippen LogP contribution in [-0.2, 0) is 0 Å². The maximum Gasteiger partial charge on any atom is 0.188 e. The highest BCUT2D eigenvalue weighted by molar-refractivity contribution is 7.80. The first-order chi connectivity index (χ1) is 11.9. The second-order valence-corrected chi connectivity index (χ2v) is 7.63. The van der Waals surface area contributed by atoms with Crippen LogP contribution in [0.1, 0.15) is 50.3 Å². The van der Waals surface area contributed by atoms with Crippen molar-refractivity contribution in [2.75, 3.05) is 4.90 Å². The third kappa shape index (κ3) is 2.67. The molecule has 0 amide bonds. The van der Waals surface area contributed by atoms with E-state index >= 15 is 0 Å². The topological polar surface area (TPSA) is 24.5 Å². The average molecular weight is 356 g/mol. The zero-order valence-corrected chi connectivity index (χ0v) is 15.4. The van der Waals surface area contributed by atoms with E-state index in [9.17, 15) is 4.39 Å². The molecule has 5 heteroatoms. The number of hydrogen-bond acceptors (Lipinski definition) is 2. The largest absolute Gasteiger partial charge is 0.467 e. The van der Waals surface area contributed by atoms with Crippen LogP contribution in [-0.4, -0.2) is 10.8 Å².